The van der Waals surface area contributed by atoms with Gasteiger partial charge in [0.2, 0.25) is 5.91 Å². The Hall–Kier alpha value is -2.02. The fourth-order valence-electron chi connectivity index (χ4n) is 2.76. The fraction of sp³-hybridized carbons (Fsp3) is 0.526. The van der Waals surface area contributed by atoms with Gasteiger partial charge in [-0.25, -0.2) is 4.98 Å². The zero-order valence-electron chi connectivity index (χ0n) is 16.1. The molecule has 2 aromatic rings. The Morgan fingerprint density at radius 2 is 1.81 bits per heavy atom. The topological polar surface area (TPSA) is 84.2 Å². The first-order valence-corrected chi connectivity index (χ1v) is 9.59. The van der Waals surface area contributed by atoms with Crippen LogP contribution in [-0.4, -0.2) is 37.3 Å². The lowest BCUT2D eigenvalue weighted by Gasteiger charge is -2.32. The molecule has 0 saturated carbocycles. The van der Waals surface area contributed by atoms with Crippen molar-refractivity contribution >= 4 is 34.7 Å². The monoisotopic (exact) mass is 377 g/mol. The van der Waals surface area contributed by atoms with Crippen molar-refractivity contribution in [3.05, 3.63) is 24.3 Å². The molecule has 2 unspecified atom stereocenters. The number of fused-ring (bicyclic) bond motifs is 1. The number of carboxylic acids is 1. The molecule has 1 heterocycles. The third-order valence-electron chi connectivity index (χ3n) is 4.45. The van der Waals surface area contributed by atoms with Crippen LogP contribution in [0.25, 0.3) is 11.0 Å². The molecular weight excluding hydrogens is 350 g/mol. The van der Waals surface area contributed by atoms with Gasteiger partial charge in [0, 0.05) is 12.1 Å². The van der Waals surface area contributed by atoms with Crippen LogP contribution in [0.3, 0.4) is 0 Å². The number of hydrogen-bond acceptors (Lipinski definition) is 4. The molecule has 0 aliphatic rings. The highest BCUT2D eigenvalue weighted by atomic mass is 32.2. The van der Waals surface area contributed by atoms with E-state index in [0.717, 1.165) is 11.0 Å². The quantitative estimate of drug-likeness (QED) is 0.719. The third kappa shape index (κ3) is 3.87. The number of nitrogens with one attached hydrogen (secondary N) is 1. The number of carbonyl (C=O) groups is 2. The molecule has 1 aromatic carbocycles. The van der Waals surface area contributed by atoms with Crippen molar-refractivity contribution in [2.75, 3.05) is 0 Å². The molecule has 0 bridgehead atoms. The van der Waals surface area contributed by atoms with Crippen LogP contribution in [0.1, 0.15) is 47.6 Å². The molecule has 0 spiro atoms. The van der Waals surface area contributed by atoms with Crippen molar-refractivity contribution in [2.45, 2.75) is 63.5 Å². The van der Waals surface area contributed by atoms with Crippen LogP contribution >= 0.6 is 11.8 Å². The van der Waals surface area contributed by atoms with Crippen molar-refractivity contribution in [3.63, 3.8) is 0 Å². The minimum Gasteiger partial charge on any atom is -0.481 e. The summed E-state index contributed by atoms with van der Waals surface area (Å²) in [5.41, 5.74) is 1.80. The number of para-hydroxylation sites is 2. The highest BCUT2D eigenvalue weighted by molar-refractivity contribution is 8.01. The number of hydrogen-bond donors (Lipinski definition) is 2. The maximum Gasteiger partial charge on any atom is 0.308 e. The van der Waals surface area contributed by atoms with Gasteiger partial charge in [0.15, 0.2) is 5.16 Å². The number of aromatic nitrogens is 2. The minimum atomic E-state index is -1.19. The number of carbonyl (C=O) groups excluding carboxylic acids is 1. The molecule has 2 N–H and O–H groups in total. The summed E-state index contributed by atoms with van der Waals surface area (Å²) in [6, 6.07) is 7.82. The van der Waals surface area contributed by atoms with Crippen LogP contribution in [0.5, 0.6) is 0 Å². The van der Waals surface area contributed by atoms with Gasteiger partial charge in [0.1, 0.15) is 4.75 Å². The van der Waals surface area contributed by atoms with E-state index < -0.39 is 16.6 Å². The Morgan fingerprint density at radius 3 is 2.35 bits per heavy atom. The summed E-state index contributed by atoms with van der Waals surface area (Å²) in [5.74, 6) is -2.19. The molecule has 7 heteroatoms. The first-order valence-electron chi connectivity index (χ1n) is 8.77. The minimum absolute atomic E-state index is 0.0765. The van der Waals surface area contributed by atoms with Gasteiger partial charge in [-0.3, -0.25) is 9.59 Å². The summed E-state index contributed by atoms with van der Waals surface area (Å²) in [6.07, 6.45) is 0. The Kier molecular flexibility index (Phi) is 6.01. The summed E-state index contributed by atoms with van der Waals surface area (Å²) in [4.78, 5) is 29.3. The van der Waals surface area contributed by atoms with E-state index in [1.807, 2.05) is 52.0 Å². The lowest BCUT2D eigenvalue weighted by Crippen LogP contribution is -2.51. The van der Waals surface area contributed by atoms with Crippen molar-refractivity contribution < 1.29 is 14.7 Å². The molecule has 142 valence electrons. The lowest BCUT2D eigenvalue weighted by atomic mass is 9.94. The predicted molar refractivity (Wildman–Crippen MR) is 104 cm³/mol. The summed E-state index contributed by atoms with van der Waals surface area (Å²) < 4.78 is 0.861. The molecule has 1 amide bonds. The Balaban J connectivity index is 2.55. The molecule has 0 aliphatic heterocycles. The number of carboxylic acid groups (broad SMARTS) is 1. The summed E-state index contributed by atoms with van der Waals surface area (Å²) in [7, 11) is 0. The van der Waals surface area contributed by atoms with E-state index in [4.69, 9.17) is 0 Å². The van der Waals surface area contributed by atoms with Gasteiger partial charge in [0.05, 0.1) is 17.0 Å². The average Bonchev–Trinajstić information content (AvgIpc) is 2.90. The summed E-state index contributed by atoms with van der Waals surface area (Å²) >= 11 is 1.22. The fourth-order valence-corrected chi connectivity index (χ4v) is 4.12. The normalized spacial score (nSPS) is 15.2. The first-order chi connectivity index (χ1) is 12.1. The molecule has 0 radical (unpaired) electrons. The summed E-state index contributed by atoms with van der Waals surface area (Å²) in [5, 5.41) is 13.1. The van der Waals surface area contributed by atoms with E-state index in [0.29, 0.717) is 5.16 Å². The van der Waals surface area contributed by atoms with E-state index in [-0.39, 0.29) is 18.0 Å². The molecular formula is C19H27N3O3S. The number of thioether (sulfide) groups is 1. The van der Waals surface area contributed by atoms with Crippen molar-refractivity contribution in [2.24, 2.45) is 5.92 Å². The number of aliphatic carboxylic acids is 1. The number of benzene rings is 1. The zero-order chi connectivity index (χ0) is 19.6. The van der Waals surface area contributed by atoms with Gasteiger partial charge in [-0.2, -0.15) is 0 Å². The zero-order valence-corrected chi connectivity index (χ0v) is 16.9. The van der Waals surface area contributed by atoms with Crippen LogP contribution in [0.15, 0.2) is 29.4 Å². The number of imidazole rings is 1. The lowest BCUT2D eigenvalue weighted by molar-refractivity contribution is -0.144. The molecule has 0 fully saturated rings. The van der Waals surface area contributed by atoms with Crippen LogP contribution in [0.2, 0.25) is 0 Å². The second kappa shape index (κ2) is 7.70. The van der Waals surface area contributed by atoms with Crippen molar-refractivity contribution in [1.29, 1.82) is 0 Å². The first kappa shape index (κ1) is 20.3. The van der Waals surface area contributed by atoms with E-state index in [1.165, 1.54) is 11.8 Å². The maximum atomic E-state index is 12.9. The molecule has 1 aromatic heterocycles. The SMILES string of the molecule is CC(C)NC(=O)C(C)(Sc1nc2ccccc2n1C(C)C)C(C)C(=O)O. The van der Waals surface area contributed by atoms with E-state index in [2.05, 4.69) is 14.9 Å². The number of amides is 1. The molecule has 6 nitrogen and oxygen atoms in total. The largest absolute Gasteiger partial charge is 0.481 e. The van der Waals surface area contributed by atoms with Gasteiger partial charge in [-0.1, -0.05) is 30.8 Å². The van der Waals surface area contributed by atoms with Crippen LogP contribution < -0.4 is 5.32 Å². The van der Waals surface area contributed by atoms with Gasteiger partial charge < -0.3 is 15.0 Å². The molecule has 2 rings (SSSR count). The Labute approximate surface area is 158 Å². The second-order valence-corrected chi connectivity index (χ2v) is 8.66. The smallest absolute Gasteiger partial charge is 0.308 e. The standard InChI is InChI=1S/C19H27N3O3S/c1-11(2)20-17(25)19(6,13(5)16(23)24)26-18-21-14-9-7-8-10-15(14)22(18)12(3)4/h7-13H,1-6H3,(H,20,25)(H,23,24). The molecule has 0 aliphatic carbocycles. The van der Waals surface area contributed by atoms with E-state index >= 15 is 0 Å². The second-order valence-electron chi connectivity index (χ2n) is 7.24. The van der Waals surface area contributed by atoms with Gasteiger partial charge in [-0.05, 0) is 46.8 Å². The van der Waals surface area contributed by atoms with Crippen LogP contribution in [-0.2, 0) is 9.59 Å². The molecule has 2 atom stereocenters. The average molecular weight is 378 g/mol. The Morgan fingerprint density at radius 1 is 1.19 bits per heavy atom. The van der Waals surface area contributed by atoms with Crippen molar-refractivity contribution in [3.8, 4) is 0 Å². The molecule has 26 heavy (non-hydrogen) atoms. The maximum absolute atomic E-state index is 12.9. The molecule has 0 saturated heterocycles. The van der Waals surface area contributed by atoms with Gasteiger partial charge in [-0.15, -0.1) is 0 Å². The number of rotatable bonds is 7. The van der Waals surface area contributed by atoms with Crippen LogP contribution in [0.4, 0.5) is 0 Å². The third-order valence-corrected chi connectivity index (χ3v) is 5.88. The summed E-state index contributed by atoms with van der Waals surface area (Å²) in [6.45, 7) is 11.1. The van der Waals surface area contributed by atoms with E-state index in [9.17, 15) is 14.7 Å². The Bertz CT molecular complexity index is 815. The van der Waals surface area contributed by atoms with Crippen molar-refractivity contribution in [1.82, 2.24) is 14.9 Å². The highest BCUT2D eigenvalue weighted by Gasteiger charge is 2.45. The number of nitrogens with zero attached hydrogens (tertiary/aromatic N) is 2. The van der Waals surface area contributed by atoms with Gasteiger partial charge in [0.25, 0.3) is 0 Å². The predicted octanol–water partition coefficient (Wildman–Crippen LogP) is 3.71. The van der Waals surface area contributed by atoms with E-state index in [1.54, 1.807) is 13.8 Å². The van der Waals surface area contributed by atoms with Gasteiger partial charge >= 0.3 is 5.97 Å². The van der Waals surface area contributed by atoms with Crippen LogP contribution in [0, 0.1) is 5.92 Å². The highest BCUT2D eigenvalue weighted by Crippen LogP contribution is 2.41.